The van der Waals surface area contributed by atoms with Crippen LogP contribution in [0.1, 0.15) is 17.2 Å². The second-order valence-electron chi connectivity index (χ2n) is 10.2. The first-order valence-corrected chi connectivity index (χ1v) is 13.4. The standard InChI is InChI=1S/C28H34O16/c29-14-4-1-12(7-16(14)31)2-6-21(35)44-26-20(11-42-27-24(38)22(36)19(34)10-40-27)43-28(25(39)23(26)37)41-9-18(33)13-3-5-15(30)17(32)8-13/h1-8,18-20,22-34,36-39H,9-11H2/b6-2+/t18-,19-,20-,22+,23-,24-,25-,26-,27+,28-/m1/s1. The lowest BCUT2D eigenvalue weighted by molar-refractivity contribution is -0.323. The van der Waals surface area contributed by atoms with Gasteiger partial charge in [0.1, 0.15) is 42.7 Å². The van der Waals surface area contributed by atoms with Crippen molar-refractivity contribution in [3.05, 3.63) is 53.6 Å². The fourth-order valence-electron chi connectivity index (χ4n) is 4.45. The molecule has 0 aliphatic carbocycles. The number of phenols is 4. The molecule has 16 nitrogen and oxygen atoms in total. The van der Waals surface area contributed by atoms with E-state index in [1.165, 1.54) is 30.3 Å². The highest BCUT2D eigenvalue weighted by atomic mass is 16.7. The maximum absolute atomic E-state index is 12.6. The lowest BCUT2D eigenvalue weighted by atomic mass is 9.98. The average Bonchev–Trinajstić information content (AvgIpc) is 2.99. The Morgan fingerprint density at radius 2 is 1.50 bits per heavy atom. The summed E-state index contributed by atoms with van der Waals surface area (Å²) in [7, 11) is 0. The molecule has 0 aromatic heterocycles. The number of esters is 1. The van der Waals surface area contributed by atoms with Gasteiger partial charge in [-0.25, -0.2) is 4.79 Å². The van der Waals surface area contributed by atoms with Gasteiger partial charge in [0.2, 0.25) is 0 Å². The molecule has 2 aromatic carbocycles. The maximum Gasteiger partial charge on any atom is 0.331 e. The molecule has 2 heterocycles. The number of rotatable bonds is 10. The van der Waals surface area contributed by atoms with E-state index in [0.29, 0.717) is 5.56 Å². The Bertz CT molecular complexity index is 1300. The van der Waals surface area contributed by atoms with Gasteiger partial charge in [-0.15, -0.1) is 0 Å². The van der Waals surface area contributed by atoms with Crippen LogP contribution in [0.3, 0.4) is 0 Å². The first-order chi connectivity index (χ1) is 20.8. The number of ether oxygens (including phenoxy) is 5. The molecule has 10 N–H and O–H groups in total. The van der Waals surface area contributed by atoms with Gasteiger partial charge in [-0.2, -0.15) is 0 Å². The number of aliphatic hydroxyl groups excluding tert-OH is 6. The van der Waals surface area contributed by atoms with Crippen LogP contribution in [0, 0.1) is 0 Å². The monoisotopic (exact) mass is 626 g/mol. The third-order valence-electron chi connectivity index (χ3n) is 6.99. The largest absolute Gasteiger partial charge is 0.504 e. The van der Waals surface area contributed by atoms with Crippen molar-refractivity contribution in [2.24, 2.45) is 0 Å². The Hall–Kier alpha value is -3.55. The van der Waals surface area contributed by atoms with E-state index in [9.17, 15) is 55.9 Å². The summed E-state index contributed by atoms with van der Waals surface area (Å²) in [6.45, 7) is -1.45. The van der Waals surface area contributed by atoms with Crippen LogP contribution < -0.4 is 0 Å². The Balaban J connectivity index is 1.46. The molecule has 0 spiro atoms. The zero-order chi connectivity index (χ0) is 32.1. The third-order valence-corrected chi connectivity index (χ3v) is 6.99. The molecule has 16 heteroatoms. The number of aliphatic hydroxyl groups is 6. The van der Waals surface area contributed by atoms with E-state index in [-0.39, 0.29) is 17.9 Å². The van der Waals surface area contributed by atoms with Gasteiger partial charge < -0.3 is 74.7 Å². The normalized spacial score (nSPS) is 31.5. The lowest BCUT2D eigenvalue weighted by Gasteiger charge is -2.42. The Morgan fingerprint density at radius 3 is 2.18 bits per heavy atom. The van der Waals surface area contributed by atoms with Crippen molar-refractivity contribution in [1.29, 1.82) is 0 Å². The van der Waals surface area contributed by atoms with E-state index in [4.69, 9.17) is 23.7 Å². The lowest BCUT2D eigenvalue weighted by Crippen LogP contribution is -2.61. The SMILES string of the molecule is O=C(/C=C/c1ccc(O)c(O)c1)O[C@H]1[C@H](O)[C@@H](O)[C@H](OC[C@@H](O)c2ccc(O)c(O)c2)O[C@@H]1CO[C@@H]1OC[C@@H](O)[C@H](O)[C@H]1O. The number of hydrogen-bond acceptors (Lipinski definition) is 16. The molecule has 2 aliphatic heterocycles. The van der Waals surface area contributed by atoms with Crippen molar-refractivity contribution in [2.75, 3.05) is 19.8 Å². The van der Waals surface area contributed by atoms with Crippen LogP contribution in [-0.4, -0.2) is 132 Å². The number of carbonyl (C=O) groups excluding carboxylic acids is 1. The molecule has 2 saturated heterocycles. The topological polar surface area (TPSA) is 266 Å². The summed E-state index contributed by atoms with van der Waals surface area (Å²) in [6, 6.07) is 7.32. The summed E-state index contributed by atoms with van der Waals surface area (Å²) in [6.07, 6.45) is -13.5. The maximum atomic E-state index is 12.6. The second kappa shape index (κ2) is 14.5. The molecule has 10 atom stereocenters. The fraction of sp³-hybridized carbons (Fsp3) is 0.464. The molecule has 2 fully saturated rings. The summed E-state index contributed by atoms with van der Waals surface area (Å²) in [4.78, 5) is 12.6. The predicted molar refractivity (Wildman–Crippen MR) is 144 cm³/mol. The molecule has 4 rings (SSSR count). The summed E-state index contributed by atoms with van der Waals surface area (Å²) in [5.74, 6) is -2.72. The number of carbonyl (C=O) groups is 1. The van der Waals surface area contributed by atoms with Crippen molar-refractivity contribution in [3.63, 3.8) is 0 Å². The molecule has 0 saturated carbocycles. The van der Waals surface area contributed by atoms with Gasteiger partial charge in [-0.1, -0.05) is 12.1 Å². The summed E-state index contributed by atoms with van der Waals surface area (Å²) >= 11 is 0. The number of phenolic OH excluding ortho intramolecular Hbond substituents is 4. The Morgan fingerprint density at radius 1 is 0.841 bits per heavy atom. The molecular weight excluding hydrogens is 592 g/mol. The number of benzene rings is 2. The molecule has 2 aliphatic rings. The van der Waals surface area contributed by atoms with E-state index in [0.717, 1.165) is 18.2 Å². The first-order valence-electron chi connectivity index (χ1n) is 13.4. The number of aromatic hydroxyl groups is 4. The van der Waals surface area contributed by atoms with Crippen LogP contribution in [0.5, 0.6) is 23.0 Å². The van der Waals surface area contributed by atoms with Crippen molar-refractivity contribution in [2.45, 2.75) is 61.4 Å². The molecule has 0 amide bonds. The molecule has 2 aromatic rings. The summed E-state index contributed by atoms with van der Waals surface area (Å²) < 4.78 is 27.2. The summed E-state index contributed by atoms with van der Waals surface area (Å²) in [5.41, 5.74) is 0.464. The predicted octanol–water partition coefficient (Wildman–Crippen LogP) is -1.91. The van der Waals surface area contributed by atoms with Crippen molar-refractivity contribution >= 4 is 12.0 Å². The molecular formula is C28H34O16. The second-order valence-corrected chi connectivity index (χ2v) is 10.2. The van der Waals surface area contributed by atoms with Crippen LogP contribution in [0.2, 0.25) is 0 Å². The minimum absolute atomic E-state index is 0.149. The van der Waals surface area contributed by atoms with E-state index in [1.54, 1.807) is 0 Å². The van der Waals surface area contributed by atoms with Gasteiger partial charge in [0.25, 0.3) is 0 Å². The van der Waals surface area contributed by atoms with Crippen LogP contribution >= 0.6 is 0 Å². The van der Waals surface area contributed by atoms with Crippen LogP contribution in [0.15, 0.2) is 42.5 Å². The van der Waals surface area contributed by atoms with E-state index >= 15 is 0 Å². The highest BCUT2D eigenvalue weighted by molar-refractivity contribution is 5.87. The van der Waals surface area contributed by atoms with E-state index in [1.807, 2.05) is 0 Å². The van der Waals surface area contributed by atoms with Crippen LogP contribution in [-0.2, 0) is 28.5 Å². The molecule has 0 bridgehead atoms. The number of hydrogen-bond donors (Lipinski definition) is 10. The molecule has 0 unspecified atom stereocenters. The fourth-order valence-corrected chi connectivity index (χ4v) is 4.45. The average molecular weight is 627 g/mol. The van der Waals surface area contributed by atoms with Gasteiger partial charge in [-0.05, 0) is 41.5 Å². The van der Waals surface area contributed by atoms with Gasteiger partial charge in [-0.3, -0.25) is 0 Å². The highest BCUT2D eigenvalue weighted by Gasteiger charge is 2.48. The zero-order valence-corrected chi connectivity index (χ0v) is 22.9. The minimum atomic E-state index is -1.84. The van der Waals surface area contributed by atoms with Crippen LogP contribution in [0.25, 0.3) is 6.08 Å². The first kappa shape index (κ1) is 33.3. The molecule has 44 heavy (non-hydrogen) atoms. The van der Waals surface area contributed by atoms with Gasteiger partial charge >= 0.3 is 5.97 Å². The smallest absolute Gasteiger partial charge is 0.331 e. The van der Waals surface area contributed by atoms with Gasteiger partial charge in [0, 0.05) is 6.08 Å². The molecule has 242 valence electrons. The Kier molecular flexibility index (Phi) is 11.0. The van der Waals surface area contributed by atoms with Gasteiger partial charge in [0.15, 0.2) is 41.7 Å². The molecule has 0 radical (unpaired) electrons. The van der Waals surface area contributed by atoms with Gasteiger partial charge in [0.05, 0.1) is 19.8 Å². The van der Waals surface area contributed by atoms with E-state index in [2.05, 4.69) is 0 Å². The Labute approximate surface area is 249 Å². The zero-order valence-electron chi connectivity index (χ0n) is 22.9. The van der Waals surface area contributed by atoms with Crippen molar-refractivity contribution in [1.82, 2.24) is 0 Å². The van der Waals surface area contributed by atoms with Crippen LogP contribution in [0.4, 0.5) is 0 Å². The highest BCUT2D eigenvalue weighted by Crippen LogP contribution is 2.30. The quantitative estimate of drug-likeness (QED) is 0.0783. The third kappa shape index (κ3) is 7.93. The van der Waals surface area contributed by atoms with Crippen molar-refractivity contribution < 1.29 is 79.5 Å². The van der Waals surface area contributed by atoms with Crippen molar-refractivity contribution in [3.8, 4) is 23.0 Å². The van der Waals surface area contributed by atoms with E-state index < -0.39 is 97.8 Å². The minimum Gasteiger partial charge on any atom is -0.504 e. The summed E-state index contributed by atoms with van der Waals surface area (Å²) in [5, 5.41) is 100.